The molecule has 1 aromatic rings. The van der Waals surface area contributed by atoms with Gasteiger partial charge in [-0.05, 0) is 55.4 Å². The Morgan fingerprint density at radius 1 is 1.18 bits per heavy atom. The molecular weight excluding hydrogens is 208 g/mol. The molecule has 94 valence electrons. The summed E-state index contributed by atoms with van der Waals surface area (Å²) >= 11 is 0. The standard InChI is InChI=1S/C16H24O/c1-12-8-11-16(17-3)15(13(12)2)10-9-14-6-4-5-7-14/h8,11,14H,4-7,9-10H2,1-3H3. The van der Waals surface area contributed by atoms with Crippen molar-refractivity contribution in [1.82, 2.24) is 0 Å². The summed E-state index contributed by atoms with van der Waals surface area (Å²) in [6.07, 6.45) is 8.27. The van der Waals surface area contributed by atoms with Gasteiger partial charge in [0.2, 0.25) is 0 Å². The van der Waals surface area contributed by atoms with Gasteiger partial charge in [-0.3, -0.25) is 0 Å². The summed E-state index contributed by atoms with van der Waals surface area (Å²) in [4.78, 5) is 0. The molecule has 0 N–H and O–H groups in total. The number of methoxy groups -OCH3 is 1. The van der Waals surface area contributed by atoms with Crippen LogP contribution in [0.1, 0.15) is 48.8 Å². The molecule has 1 aliphatic carbocycles. The minimum atomic E-state index is 0.958. The first-order valence-electron chi connectivity index (χ1n) is 6.85. The van der Waals surface area contributed by atoms with E-state index in [1.807, 2.05) is 0 Å². The smallest absolute Gasteiger partial charge is 0.122 e. The Morgan fingerprint density at radius 2 is 1.88 bits per heavy atom. The predicted octanol–water partition coefficient (Wildman–Crippen LogP) is 4.43. The van der Waals surface area contributed by atoms with E-state index in [4.69, 9.17) is 4.74 Å². The van der Waals surface area contributed by atoms with Crippen LogP contribution in [0.15, 0.2) is 12.1 Å². The molecule has 1 aromatic carbocycles. The van der Waals surface area contributed by atoms with Crippen molar-refractivity contribution in [2.24, 2.45) is 5.92 Å². The molecule has 2 rings (SSSR count). The van der Waals surface area contributed by atoms with E-state index >= 15 is 0 Å². The van der Waals surface area contributed by atoms with Crippen LogP contribution in [-0.2, 0) is 6.42 Å². The lowest BCUT2D eigenvalue weighted by molar-refractivity contribution is 0.405. The third-order valence-electron chi connectivity index (χ3n) is 4.32. The zero-order valence-corrected chi connectivity index (χ0v) is 11.4. The van der Waals surface area contributed by atoms with Gasteiger partial charge in [-0.25, -0.2) is 0 Å². The Kier molecular flexibility index (Phi) is 4.09. The van der Waals surface area contributed by atoms with Gasteiger partial charge in [0.05, 0.1) is 7.11 Å². The van der Waals surface area contributed by atoms with E-state index in [1.54, 1.807) is 7.11 Å². The quantitative estimate of drug-likeness (QED) is 0.746. The normalized spacial score (nSPS) is 16.4. The van der Waals surface area contributed by atoms with Gasteiger partial charge in [0.25, 0.3) is 0 Å². The van der Waals surface area contributed by atoms with Crippen LogP contribution in [0.25, 0.3) is 0 Å². The van der Waals surface area contributed by atoms with Crippen LogP contribution in [0.5, 0.6) is 5.75 Å². The second kappa shape index (κ2) is 5.57. The average molecular weight is 232 g/mol. The van der Waals surface area contributed by atoms with Gasteiger partial charge in [0, 0.05) is 0 Å². The van der Waals surface area contributed by atoms with Crippen LogP contribution in [0, 0.1) is 19.8 Å². The van der Waals surface area contributed by atoms with Gasteiger partial charge in [-0.15, -0.1) is 0 Å². The molecular formula is C16H24O. The monoisotopic (exact) mass is 232 g/mol. The second-order valence-corrected chi connectivity index (χ2v) is 5.38. The summed E-state index contributed by atoms with van der Waals surface area (Å²) in [6, 6.07) is 4.28. The number of hydrogen-bond acceptors (Lipinski definition) is 1. The Bertz CT molecular complexity index is 375. The molecule has 0 unspecified atom stereocenters. The van der Waals surface area contributed by atoms with Gasteiger partial charge >= 0.3 is 0 Å². The van der Waals surface area contributed by atoms with E-state index < -0.39 is 0 Å². The van der Waals surface area contributed by atoms with E-state index in [-0.39, 0.29) is 0 Å². The van der Waals surface area contributed by atoms with Crippen molar-refractivity contribution in [3.8, 4) is 5.75 Å². The fourth-order valence-electron chi connectivity index (χ4n) is 3.00. The minimum Gasteiger partial charge on any atom is -0.496 e. The second-order valence-electron chi connectivity index (χ2n) is 5.38. The lowest BCUT2D eigenvalue weighted by atomic mass is 9.93. The maximum absolute atomic E-state index is 5.50. The predicted molar refractivity (Wildman–Crippen MR) is 72.7 cm³/mol. The van der Waals surface area contributed by atoms with Crippen LogP contribution in [-0.4, -0.2) is 7.11 Å². The molecule has 1 nitrogen and oxygen atoms in total. The first-order chi connectivity index (χ1) is 8.22. The van der Waals surface area contributed by atoms with Gasteiger partial charge < -0.3 is 4.74 Å². The van der Waals surface area contributed by atoms with Crippen molar-refractivity contribution in [3.63, 3.8) is 0 Å². The number of hydrogen-bond donors (Lipinski definition) is 0. The van der Waals surface area contributed by atoms with E-state index in [0.717, 1.165) is 11.7 Å². The minimum absolute atomic E-state index is 0.958. The fourth-order valence-corrected chi connectivity index (χ4v) is 3.00. The molecule has 1 fully saturated rings. The lowest BCUT2D eigenvalue weighted by Crippen LogP contribution is -2.01. The summed E-state index contributed by atoms with van der Waals surface area (Å²) in [5, 5.41) is 0. The molecule has 0 amide bonds. The lowest BCUT2D eigenvalue weighted by Gasteiger charge is -2.15. The first-order valence-corrected chi connectivity index (χ1v) is 6.85. The highest BCUT2D eigenvalue weighted by Crippen LogP contribution is 2.32. The number of ether oxygens (including phenoxy) is 1. The molecule has 0 heterocycles. The summed E-state index contributed by atoms with van der Waals surface area (Å²) in [6.45, 7) is 4.41. The van der Waals surface area contributed by atoms with Crippen molar-refractivity contribution >= 4 is 0 Å². The molecule has 17 heavy (non-hydrogen) atoms. The Balaban J connectivity index is 2.09. The summed E-state index contributed by atoms with van der Waals surface area (Å²) in [7, 11) is 1.78. The van der Waals surface area contributed by atoms with Crippen LogP contribution < -0.4 is 4.74 Å². The zero-order chi connectivity index (χ0) is 12.3. The maximum atomic E-state index is 5.50. The SMILES string of the molecule is COc1ccc(C)c(C)c1CCC1CCCC1. The molecule has 0 aliphatic heterocycles. The number of rotatable bonds is 4. The highest BCUT2D eigenvalue weighted by Gasteiger charge is 2.16. The largest absolute Gasteiger partial charge is 0.496 e. The van der Waals surface area contributed by atoms with Crippen molar-refractivity contribution in [2.45, 2.75) is 52.4 Å². The molecule has 0 atom stereocenters. The molecule has 0 spiro atoms. The van der Waals surface area contributed by atoms with Gasteiger partial charge in [0.15, 0.2) is 0 Å². The molecule has 0 aromatic heterocycles. The summed E-state index contributed by atoms with van der Waals surface area (Å²) in [5.41, 5.74) is 4.23. The maximum Gasteiger partial charge on any atom is 0.122 e. The number of benzene rings is 1. The van der Waals surface area contributed by atoms with Crippen LogP contribution >= 0.6 is 0 Å². The van der Waals surface area contributed by atoms with E-state index in [9.17, 15) is 0 Å². The molecule has 0 saturated heterocycles. The van der Waals surface area contributed by atoms with Gasteiger partial charge in [0.1, 0.15) is 5.75 Å². The van der Waals surface area contributed by atoms with Crippen molar-refractivity contribution in [3.05, 3.63) is 28.8 Å². The van der Waals surface area contributed by atoms with E-state index in [2.05, 4.69) is 26.0 Å². The Labute approximate surface area is 105 Å². The number of aryl methyl sites for hydroxylation is 1. The molecule has 0 bridgehead atoms. The van der Waals surface area contributed by atoms with Gasteiger partial charge in [-0.1, -0.05) is 31.7 Å². The average Bonchev–Trinajstić information content (AvgIpc) is 2.84. The molecule has 1 saturated carbocycles. The van der Waals surface area contributed by atoms with E-state index in [1.165, 1.54) is 55.2 Å². The third kappa shape index (κ3) is 2.83. The topological polar surface area (TPSA) is 9.23 Å². The highest BCUT2D eigenvalue weighted by atomic mass is 16.5. The van der Waals surface area contributed by atoms with Gasteiger partial charge in [-0.2, -0.15) is 0 Å². The Morgan fingerprint density at radius 3 is 2.53 bits per heavy atom. The molecule has 1 aliphatic rings. The van der Waals surface area contributed by atoms with Crippen molar-refractivity contribution in [1.29, 1.82) is 0 Å². The highest BCUT2D eigenvalue weighted by molar-refractivity contribution is 5.44. The van der Waals surface area contributed by atoms with Crippen LogP contribution in [0.3, 0.4) is 0 Å². The van der Waals surface area contributed by atoms with Crippen LogP contribution in [0.4, 0.5) is 0 Å². The van der Waals surface area contributed by atoms with E-state index in [0.29, 0.717) is 0 Å². The summed E-state index contributed by atoms with van der Waals surface area (Å²) < 4.78 is 5.50. The Hall–Kier alpha value is -0.980. The first kappa shape index (κ1) is 12.5. The zero-order valence-electron chi connectivity index (χ0n) is 11.4. The fraction of sp³-hybridized carbons (Fsp3) is 0.625. The van der Waals surface area contributed by atoms with Crippen LogP contribution in [0.2, 0.25) is 0 Å². The summed E-state index contributed by atoms with van der Waals surface area (Å²) in [5.74, 6) is 2.03. The third-order valence-corrected chi connectivity index (χ3v) is 4.32. The van der Waals surface area contributed by atoms with Crippen molar-refractivity contribution in [2.75, 3.05) is 7.11 Å². The van der Waals surface area contributed by atoms with Crippen molar-refractivity contribution < 1.29 is 4.74 Å². The molecule has 1 heteroatoms. The molecule has 0 radical (unpaired) electrons.